The van der Waals surface area contributed by atoms with Crippen LogP contribution in [0.4, 0.5) is 36.8 Å². The Morgan fingerprint density at radius 1 is 1.07 bits per heavy atom. The molecule has 13 heteroatoms. The van der Waals surface area contributed by atoms with Gasteiger partial charge in [-0.3, -0.25) is 0 Å². The second kappa shape index (κ2) is 10.1. The molecule has 1 unspecified atom stereocenters. The van der Waals surface area contributed by atoms with Gasteiger partial charge in [0.1, 0.15) is 0 Å². The summed E-state index contributed by atoms with van der Waals surface area (Å²) in [7, 11) is -4.10. The fraction of sp³-hybridized carbons (Fsp3) is 0.562. The summed E-state index contributed by atoms with van der Waals surface area (Å²) in [5, 5.41) is 4.86. The lowest BCUT2D eigenvalue weighted by Crippen LogP contribution is -2.40. The zero-order valence-corrected chi connectivity index (χ0v) is 16.1. The van der Waals surface area contributed by atoms with Crippen molar-refractivity contribution >= 4 is 21.7 Å². The van der Waals surface area contributed by atoms with Crippen LogP contribution >= 0.6 is 0 Å². The zero-order valence-electron chi connectivity index (χ0n) is 15.3. The fourth-order valence-corrected chi connectivity index (χ4v) is 3.26. The molecule has 29 heavy (non-hydrogen) atoms. The van der Waals surface area contributed by atoms with Crippen LogP contribution in [0.15, 0.2) is 24.3 Å². The quantitative estimate of drug-likeness (QED) is 0.501. The Bertz CT molecular complexity index is 764. The van der Waals surface area contributed by atoms with E-state index in [-0.39, 0.29) is 18.7 Å². The van der Waals surface area contributed by atoms with Gasteiger partial charge in [0.25, 0.3) is 0 Å². The first-order valence-electron chi connectivity index (χ1n) is 8.50. The number of benzene rings is 1. The summed E-state index contributed by atoms with van der Waals surface area (Å²) in [6.45, 7) is 1.51. The van der Waals surface area contributed by atoms with Crippen LogP contribution < -0.4 is 15.4 Å². The monoisotopic (exact) mass is 449 g/mol. The Balaban J connectivity index is 2.47. The van der Waals surface area contributed by atoms with Crippen molar-refractivity contribution in [1.82, 2.24) is 10.0 Å². The van der Waals surface area contributed by atoms with Crippen molar-refractivity contribution in [3.05, 3.63) is 29.8 Å². The van der Waals surface area contributed by atoms with E-state index in [1.807, 2.05) is 4.72 Å². The topological polar surface area (TPSA) is 87.3 Å². The van der Waals surface area contributed by atoms with Crippen LogP contribution in [0.3, 0.4) is 0 Å². The van der Waals surface area contributed by atoms with Crippen LogP contribution in [0.5, 0.6) is 0 Å². The normalized spacial score (nSPS) is 13.8. The first-order chi connectivity index (χ1) is 13.2. The Morgan fingerprint density at radius 3 is 2.14 bits per heavy atom. The Hall–Kier alpha value is -2.02. The van der Waals surface area contributed by atoms with Crippen LogP contribution in [0.2, 0.25) is 0 Å². The van der Waals surface area contributed by atoms with E-state index >= 15 is 0 Å². The Morgan fingerprint density at radius 2 is 1.66 bits per heavy atom. The highest BCUT2D eigenvalue weighted by Crippen LogP contribution is 2.29. The lowest BCUT2D eigenvalue weighted by atomic mass is 10.1. The molecule has 0 aliphatic heterocycles. The first-order valence-corrected chi connectivity index (χ1v) is 10.2. The number of carbonyl (C=O) groups excluding carboxylic acids is 1. The SMILES string of the molecule is CCC(CCNS(=O)(=O)CCC(F)(F)F)NC(=O)Nc1ccc(C(F)(F)F)cc1. The van der Waals surface area contributed by atoms with E-state index in [9.17, 15) is 39.6 Å². The summed E-state index contributed by atoms with van der Waals surface area (Å²) >= 11 is 0. The molecule has 0 radical (unpaired) electrons. The minimum absolute atomic E-state index is 0.113. The smallest absolute Gasteiger partial charge is 0.335 e. The molecule has 166 valence electrons. The van der Waals surface area contributed by atoms with E-state index in [0.717, 1.165) is 24.3 Å². The van der Waals surface area contributed by atoms with Crippen molar-refractivity contribution < 1.29 is 39.6 Å². The lowest BCUT2D eigenvalue weighted by Gasteiger charge is -2.18. The number of hydrogen-bond donors (Lipinski definition) is 3. The van der Waals surface area contributed by atoms with E-state index in [4.69, 9.17) is 0 Å². The summed E-state index contributed by atoms with van der Waals surface area (Å²) in [6.07, 6.45) is -10.0. The van der Waals surface area contributed by atoms with Crippen LogP contribution in [0, 0.1) is 0 Å². The van der Waals surface area contributed by atoms with E-state index in [1.54, 1.807) is 6.92 Å². The summed E-state index contributed by atoms with van der Waals surface area (Å²) < 4.78 is 98.9. The van der Waals surface area contributed by atoms with Crippen molar-refractivity contribution in [3.8, 4) is 0 Å². The van der Waals surface area contributed by atoms with Crippen molar-refractivity contribution in [1.29, 1.82) is 0 Å². The maximum Gasteiger partial charge on any atom is 0.416 e. The minimum Gasteiger partial charge on any atom is -0.335 e. The molecule has 6 nitrogen and oxygen atoms in total. The van der Waals surface area contributed by atoms with Gasteiger partial charge < -0.3 is 10.6 Å². The molecule has 1 rings (SSSR count). The van der Waals surface area contributed by atoms with Gasteiger partial charge in [0.15, 0.2) is 0 Å². The van der Waals surface area contributed by atoms with Gasteiger partial charge in [-0.05, 0) is 37.1 Å². The molecule has 1 aromatic rings. The third-order valence-corrected chi connectivity index (χ3v) is 5.15. The minimum atomic E-state index is -4.58. The zero-order chi connectivity index (χ0) is 22.3. The summed E-state index contributed by atoms with van der Waals surface area (Å²) in [4.78, 5) is 11.9. The van der Waals surface area contributed by atoms with Crippen molar-refractivity contribution in [2.75, 3.05) is 17.6 Å². The van der Waals surface area contributed by atoms with Gasteiger partial charge in [0, 0.05) is 18.3 Å². The molecule has 3 N–H and O–H groups in total. The largest absolute Gasteiger partial charge is 0.416 e. The maximum absolute atomic E-state index is 12.5. The molecule has 0 heterocycles. The highest BCUT2D eigenvalue weighted by molar-refractivity contribution is 7.89. The van der Waals surface area contributed by atoms with Gasteiger partial charge in [-0.1, -0.05) is 6.92 Å². The van der Waals surface area contributed by atoms with E-state index in [2.05, 4.69) is 10.6 Å². The van der Waals surface area contributed by atoms with Gasteiger partial charge in [0.05, 0.1) is 17.7 Å². The van der Waals surface area contributed by atoms with Crippen LogP contribution in [0.25, 0.3) is 0 Å². The highest BCUT2D eigenvalue weighted by Gasteiger charge is 2.30. The molecule has 0 saturated heterocycles. The number of urea groups is 1. The number of alkyl halides is 6. The predicted molar refractivity (Wildman–Crippen MR) is 94.8 cm³/mol. The number of carbonyl (C=O) groups is 1. The van der Waals surface area contributed by atoms with Gasteiger partial charge in [0.2, 0.25) is 10.0 Å². The van der Waals surface area contributed by atoms with Gasteiger partial charge >= 0.3 is 18.4 Å². The van der Waals surface area contributed by atoms with Gasteiger partial charge in [-0.25, -0.2) is 17.9 Å². The Labute approximate surface area is 164 Å². The van der Waals surface area contributed by atoms with E-state index < -0.39 is 52.2 Å². The van der Waals surface area contributed by atoms with Crippen LogP contribution in [-0.2, 0) is 16.2 Å². The highest BCUT2D eigenvalue weighted by atomic mass is 32.2. The standard InChI is InChI=1S/C16H21F6N3O3S/c1-2-12(7-9-23-29(27,28)10-8-15(17,18)19)24-14(26)25-13-5-3-11(4-6-13)16(20,21)22/h3-6,12,23H,2,7-10H2,1H3,(H2,24,25,26). The number of anilines is 1. The summed E-state index contributed by atoms with van der Waals surface area (Å²) in [6, 6.07) is 2.56. The number of halogens is 6. The average molecular weight is 449 g/mol. The van der Waals surface area contributed by atoms with Gasteiger partial charge in [-0.2, -0.15) is 26.3 Å². The van der Waals surface area contributed by atoms with Crippen molar-refractivity contribution in [3.63, 3.8) is 0 Å². The van der Waals surface area contributed by atoms with Gasteiger partial charge in [-0.15, -0.1) is 0 Å². The van der Waals surface area contributed by atoms with Crippen molar-refractivity contribution in [2.45, 2.75) is 44.6 Å². The average Bonchev–Trinajstić information content (AvgIpc) is 2.58. The lowest BCUT2D eigenvalue weighted by molar-refractivity contribution is -0.137. The number of sulfonamides is 1. The number of amides is 2. The summed E-state index contributed by atoms with van der Waals surface area (Å²) in [5.74, 6) is -1.09. The second-order valence-corrected chi connectivity index (χ2v) is 8.07. The van der Waals surface area contributed by atoms with E-state index in [0.29, 0.717) is 6.42 Å². The molecule has 0 spiro atoms. The molecule has 0 fully saturated rings. The van der Waals surface area contributed by atoms with Crippen molar-refractivity contribution in [2.24, 2.45) is 0 Å². The molecule has 0 saturated carbocycles. The maximum atomic E-state index is 12.5. The molecule has 2 amide bonds. The molecule has 1 aromatic carbocycles. The van der Waals surface area contributed by atoms with Crippen LogP contribution in [-0.4, -0.2) is 39.0 Å². The summed E-state index contributed by atoms with van der Waals surface area (Å²) in [5.41, 5.74) is -0.745. The second-order valence-electron chi connectivity index (χ2n) is 6.15. The molecule has 0 aromatic heterocycles. The third kappa shape index (κ3) is 10.4. The van der Waals surface area contributed by atoms with E-state index in [1.165, 1.54) is 0 Å². The predicted octanol–water partition coefficient (Wildman–Crippen LogP) is 3.87. The number of hydrogen-bond acceptors (Lipinski definition) is 3. The third-order valence-electron chi connectivity index (χ3n) is 3.77. The number of nitrogens with one attached hydrogen (secondary N) is 3. The molecule has 0 bridgehead atoms. The number of rotatable bonds is 9. The molecule has 1 atom stereocenters. The van der Waals surface area contributed by atoms with Crippen LogP contribution in [0.1, 0.15) is 31.7 Å². The molecular formula is C16H21F6N3O3S. The Kier molecular flexibility index (Phi) is 8.75. The fourth-order valence-electron chi connectivity index (χ4n) is 2.18. The molecule has 0 aliphatic rings. The molecule has 0 aliphatic carbocycles. The molecular weight excluding hydrogens is 428 g/mol. The first kappa shape index (κ1) is 25.0.